The molecule has 10 atom stereocenters. The molecule has 2 aliphatic heterocycles. The van der Waals surface area contributed by atoms with Gasteiger partial charge in [0.25, 0.3) is 13.4 Å². The maximum absolute atomic E-state index is 12.1. The number of aliphatic hydroxyl groups is 5. The number of fused-ring (bicyclic) bond motifs is 1. The largest absolute Gasteiger partial charge is 1.00 e. The second-order valence-corrected chi connectivity index (χ2v) is 10.9. The molecular formula is C16H22N3NaO15P2. The van der Waals surface area contributed by atoms with E-state index in [1.807, 2.05) is 0 Å². The van der Waals surface area contributed by atoms with Gasteiger partial charge in [-0.1, -0.05) is 0 Å². The van der Waals surface area contributed by atoms with Gasteiger partial charge in [0.05, 0.1) is 24.9 Å². The topological polar surface area (TPSA) is 275 Å². The van der Waals surface area contributed by atoms with Crippen LogP contribution in [0.3, 0.4) is 0 Å². The quantitative estimate of drug-likeness (QED) is 0.107. The Kier molecular flexibility index (Phi) is 9.93. The molecule has 2 aliphatic rings. The van der Waals surface area contributed by atoms with Crippen LogP contribution in [0.5, 0.6) is 0 Å². The Bertz CT molecular complexity index is 1240. The van der Waals surface area contributed by atoms with E-state index >= 15 is 0 Å². The van der Waals surface area contributed by atoms with Crippen molar-refractivity contribution in [1.29, 1.82) is 0 Å². The Morgan fingerprint density at radius 3 is 2.30 bits per heavy atom. The Balaban J connectivity index is 0.00000380. The summed E-state index contributed by atoms with van der Waals surface area (Å²) >= 11 is 0. The van der Waals surface area contributed by atoms with Crippen molar-refractivity contribution in [3.8, 4) is 0 Å². The fourth-order valence-corrected chi connectivity index (χ4v) is 5.71. The third kappa shape index (κ3) is 6.77. The first kappa shape index (κ1) is 30.9. The van der Waals surface area contributed by atoms with Gasteiger partial charge in [-0.15, -0.1) is 0 Å². The molecule has 0 amide bonds. The average Bonchev–Trinajstić information content (AvgIpc) is 3.42. The standard InChI is InChI=1S/C16H23N3O15P2.Na/c20-9-7(32-15(11(9)22)19-2-1-6-13(19)17-5-18-14(6)24)3-30-35(26,27)34-36(28,29)31-4-8-10(21)12(23)16(25)33-8;/h1-2,5,7-12,15-16,20-23,25H,3-4H2,(H,26,27)(H,28,29)(H,17,18,24);/q;+1/p-1/t7-,8-,9-,10-,11-,12-,15-,16?;/m1./s1. The fourth-order valence-electron chi connectivity index (χ4n) is 3.66. The molecule has 0 spiro atoms. The van der Waals surface area contributed by atoms with Gasteiger partial charge in [0.15, 0.2) is 12.5 Å². The number of rotatable bonds is 9. The van der Waals surface area contributed by atoms with E-state index in [0.29, 0.717) is 0 Å². The van der Waals surface area contributed by atoms with E-state index in [9.17, 15) is 49.2 Å². The number of phosphoric ester groups is 2. The number of nitrogens with zero attached hydrogens (tertiary/aromatic N) is 2. The number of aromatic nitrogens is 3. The van der Waals surface area contributed by atoms with Crippen molar-refractivity contribution in [3.05, 3.63) is 28.9 Å². The van der Waals surface area contributed by atoms with E-state index in [1.54, 1.807) is 0 Å². The Morgan fingerprint density at radius 1 is 1.03 bits per heavy atom. The van der Waals surface area contributed by atoms with Gasteiger partial charge < -0.3 is 58.9 Å². The van der Waals surface area contributed by atoms with E-state index in [-0.39, 0.29) is 40.6 Å². The molecule has 4 heterocycles. The Labute approximate surface area is 228 Å². The van der Waals surface area contributed by atoms with Crippen LogP contribution in [0.4, 0.5) is 0 Å². The van der Waals surface area contributed by atoms with Crippen LogP contribution >= 0.6 is 15.6 Å². The van der Waals surface area contributed by atoms with Gasteiger partial charge in [0.2, 0.25) is 0 Å². The molecule has 202 valence electrons. The summed E-state index contributed by atoms with van der Waals surface area (Å²) in [6.07, 6.45) is -10.2. The summed E-state index contributed by atoms with van der Waals surface area (Å²) in [6, 6.07) is 1.39. The average molecular weight is 581 g/mol. The summed E-state index contributed by atoms with van der Waals surface area (Å²) in [6.45, 7) is -1.89. The molecule has 21 heteroatoms. The van der Waals surface area contributed by atoms with Crippen molar-refractivity contribution >= 4 is 26.7 Å². The number of H-pyrrole nitrogens is 1. The molecule has 2 aromatic rings. The molecule has 2 saturated heterocycles. The zero-order valence-corrected chi connectivity index (χ0v) is 22.7. The van der Waals surface area contributed by atoms with Crippen molar-refractivity contribution in [2.24, 2.45) is 0 Å². The Hall–Kier alpha value is -0.600. The van der Waals surface area contributed by atoms with Gasteiger partial charge in [-0.25, -0.2) is 13.9 Å². The monoisotopic (exact) mass is 581 g/mol. The fraction of sp³-hybridized carbons (Fsp3) is 0.625. The normalized spacial score (nSPS) is 35.2. The van der Waals surface area contributed by atoms with Gasteiger partial charge >= 0.3 is 37.4 Å². The van der Waals surface area contributed by atoms with Crippen LogP contribution in [-0.4, -0.2) is 101 Å². The molecule has 4 rings (SSSR count). The van der Waals surface area contributed by atoms with Crippen molar-refractivity contribution in [3.63, 3.8) is 0 Å². The minimum Gasteiger partial charge on any atom is -0.756 e. The second kappa shape index (κ2) is 11.9. The summed E-state index contributed by atoms with van der Waals surface area (Å²) in [5.74, 6) is 0. The molecule has 18 nitrogen and oxygen atoms in total. The molecule has 3 unspecified atom stereocenters. The van der Waals surface area contributed by atoms with Gasteiger partial charge in [-0.3, -0.25) is 13.9 Å². The second-order valence-electron chi connectivity index (χ2n) is 7.87. The van der Waals surface area contributed by atoms with Gasteiger partial charge in [0.1, 0.15) is 42.3 Å². The molecular weight excluding hydrogens is 559 g/mol. The van der Waals surface area contributed by atoms with Crippen molar-refractivity contribution in [2.75, 3.05) is 13.2 Å². The zero-order valence-electron chi connectivity index (χ0n) is 18.9. The number of aliphatic hydroxyl groups excluding tert-OH is 5. The van der Waals surface area contributed by atoms with Gasteiger partial charge in [0, 0.05) is 6.20 Å². The van der Waals surface area contributed by atoms with Gasteiger partial charge in [-0.05, 0) is 6.07 Å². The number of aromatic amines is 1. The molecule has 0 aliphatic carbocycles. The summed E-state index contributed by atoms with van der Waals surface area (Å²) in [7, 11) is -10.9. The molecule has 37 heavy (non-hydrogen) atoms. The van der Waals surface area contributed by atoms with E-state index in [2.05, 4.69) is 28.1 Å². The third-order valence-corrected chi connectivity index (χ3v) is 8.03. The minimum absolute atomic E-state index is 0. The van der Waals surface area contributed by atoms with Crippen LogP contribution in [0.15, 0.2) is 23.4 Å². The maximum atomic E-state index is 12.1. The minimum atomic E-state index is -5.55. The zero-order chi connectivity index (χ0) is 26.4. The van der Waals surface area contributed by atoms with Crippen molar-refractivity contribution in [1.82, 2.24) is 14.5 Å². The van der Waals surface area contributed by atoms with E-state index in [1.165, 1.54) is 16.8 Å². The van der Waals surface area contributed by atoms with Crippen LogP contribution in [0.25, 0.3) is 11.0 Å². The first-order valence-corrected chi connectivity index (χ1v) is 13.1. The van der Waals surface area contributed by atoms with Crippen LogP contribution in [0.1, 0.15) is 6.23 Å². The Morgan fingerprint density at radius 2 is 1.65 bits per heavy atom. The van der Waals surface area contributed by atoms with E-state index in [0.717, 1.165) is 6.33 Å². The number of hydrogen-bond donors (Lipinski definition) is 7. The van der Waals surface area contributed by atoms with Crippen LogP contribution < -0.4 is 40.0 Å². The number of hydrogen-bond acceptors (Lipinski definition) is 15. The number of ether oxygens (including phenoxy) is 2. The first-order valence-electron chi connectivity index (χ1n) is 10.2. The van der Waals surface area contributed by atoms with E-state index in [4.69, 9.17) is 4.74 Å². The molecule has 0 bridgehead atoms. The molecule has 2 aromatic heterocycles. The van der Waals surface area contributed by atoms with Crippen LogP contribution in [0.2, 0.25) is 0 Å². The predicted octanol–water partition coefficient (Wildman–Crippen LogP) is -6.59. The predicted molar refractivity (Wildman–Crippen MR) is 110 cm³/mol. The van der Waals surface area contributed by atoms with Crippen molar-refractivity contribution in [2.45, 2.75) is 49.1 Å². The number of nitrogens with one attached hydrogen (secondary N) is 1. The van der Waals surface area contributed by atoms with Gasteiger partial charge in [-0.2, -0.15) is 0 Å². The maximum Gasteiger partial charge on any atom is 1.00 e. The molecule has 0 saturated carbocycles. The summed E-state index contributed by atoms with van der Waals surface area (Å²) < 4.78 is 48.3. The van der Waals surface area contributed by atoms with Crippen molar-refractivity contribution < 1.29 is 96.8 Å². The molecule has 2 fully saturated rings. The van der Waals surface area contributed by atoms with Crippen LogP contribution in [0, 0.1) is 0 Å². The molecule has 0 aromatic carbocycles. The smallest absolute Gasteiger partial charge is 0.756 e. The SMILES string of the molecule is O=c1[nH]cnc2c1ccn2[C@@H]1O[C@H](COP(=O)(O)OP(=O)([O-])OC[C@H]2OC(O)[C@H](O)[C@@H]2O)[C@@H](O)[C@H]1O.[Na+]. The summed E-state index contributed by atoms with van der Waals surface area (Å²) in [5.41, 5.74) is -0.343. The first-order chi connectivity index (χ1) is 16.8. The van der Waals surface area contributed by atoms with E-state index < -0.39 is 83.6 Å². The van der Waals surface area contributed by atoms with Crippen LogP contribution in [-0.2, 0) is 32.0 Å². The summed E-state index contributed by atoms with van der Waals surface area (Å²) in [4.78, 5) is 39.9. The molecule has 0 radical (unpaired) electrons. The number of phosphoric acid groups is 2. The molecule has 7 N–H and O–H groups in total. The summed E-state index contributed by atoms with van der Waals surface area (Å²) in [5, 5.41) is 49.1. The third-order valence-electron chi connectivity index (χ3n) is 5.46.